The number of nitrogens with zero attached hydrogens (tertiary/aromatic N) is 1. The van der Waals surface area contributed by atoms with Crippen molar-refractivity contribution in [1.82, 2.24) is 10.2 Å². The van der Waals surface area contributed by atoms with E-state index >= 15 is 0 Å². The highest BCUT2D eigenvalue weighted by Crippen LogP contribution is 2.18. The molecule has 1 N–H and O–H groups in total. The van der Waals surface area contributed by atoms with Crippen LogP contribution in [0.15, 0.2) is 18.2 Å². The molecule has 5 nitrogen and oxygen atoms in total. The summed E-state index contributed by atoms with van der Waals surface area (Å²) in [5, 5.41) is 1.94. The molecule has 0 aliphatic carbocycles. The highest BCUT2D eigenvalue weighted by Gasteiger charge is 2.30. The molecular weight excluding hydrogens is 263 g/mol. The molecule has 1 aliphatic heterocycles. The highest BCUT2D eigenvalue weighted by molar-refractivity contribution is 6.30. The normalized spacial score (nSPS) is 15.9. The maximum Gasteiger partial charge on any atom is 0.331 e. The molecule has 1 aromatic rings. The Bertz CT molecular complexity index is 527. The van der Waals surface area contributed by atoms with Crippen LogP contribution in [0.25, 0.3) is 0 Å². The van der Waals surface area contributed by atoms with Gasteiger partial charge in [-0.3, -0.25) is 19.8 Å². The summed E-state index contributed by atoms with van der Waals surface area (Å²) < 4.78 is 12.9. The third kappa shape index (κ3) is 2.48. The topological polar surface area (TPSA) is 66.5 Å². The number of imide groups is 2. The van der Waals surface area contributed by atoms with Crippen LogP contribution in [0.5, 0.6) is 0 Å². The van der Waals surface area contributed by atoms with Gasteiger partial charge >= 0.3 is 6.03 Å². The fraction of sp³-hybridized carbons (Fsp3) is 0.182. The number of barbiturate groups is 1. The molecule has 1 aliphatic rings. The average molecular weight is 271 g/mol. The van der Waals surface area contributed by atoms with Crippen molar-refractivity contribution in [1.29, 1.82) is 0 Å². The van der Waals surface area contributed by atoms with Gasteiger partial charge in [-0.2, -0.15) is 0 Å². The number of carbonyl (C=O) groups is 3. The third-order valence-corrected chi connectivity index (χ3v) is 2.72. The number of benzene rings is 1. The lowest BCUT2D eigenvalue weighted by molar-refractivity contribution is -0.136. The van der Waals surface area contributed by atoms with Crippen LogP contribution in [0, 0.1) is 5.82 Å². The van der Waals surface area contributed by atoms with Crippen LogP contribution in [0.4, 0.5) is 9.18 Å². The number of hydrogen-bond acceptors (Lipinski definition) is 3. The fourth-order valence-electron chi connectivity index (χ4n) is 1.56. The Hall–Kier alpha value is -1.95. The molecule has 4 amide bonds. The first kappa shape index (κ1) is 12.5. The Morgan fingerprint density at radius 1 is 1.33 bits per heavy atom. The second-order valence-corrected chi connectivity index (χ2v) is 4.17. The number of nitrogens with one attached hydrogen (secondary N) is 1. The average Bonchev–Trinajstić information content (AvgIpc) is 2.28. The van der Waals surface area contributed by atoms with Crippen molar-refractivity contribution in [3.05, 3.63) is 34.6 Å². The van der Waals surface area contributed by atoms with Crippen molar-refractivity contribution >= 4 is 29.4 Å². The van der Waals surface area contributed by atoms with Crippen molar-refractivity contribution < 1.29 is 18.8 Å². The molecule has 18 heavy (non-hydrogen) atoms. The van der Waals surface area contributed by atoms with Gasteiger partial charge in [0.2, 0.25) is 11.8 Å². The molecule has 7 heteroatoms. The Labute approximate surface area is 107 Å². The van der Waals surface area contributed by atoms with Crippen molar-refractivity contribution in [3.8, 4) is 0 Å². The fourth-order valence-corrected chi connectivity index (χ4v) is 1.76. The van der Waals surface area contributed by atoms with E-state index in [4.69, 9.17) is 11.6 Å². The van der Waals surface area contributed by atoms with Gasteiger partial charge in [-0.15, -0.1) is 0 Å². The van der Waals surface area contributed by atoms with E-state index in [1.54, 1.807) is 0 Å². The molecule has 2 rings (SSSR count). The number of amides is 4. The summed E-state index contributed by atoms with van der Waals surface area (Å²) >= 11 is 5.59. The Morgan fingerprint density at radius 3 is 2.67 bits per heavy atom. The lowest BCUT2D eigenvalue weighted by atomic mass is 10.2. The minimum atomic E-state index is -0.781. The standard InChI is InChI=1S/C11H8ClFN2O3/c12-7-3-6(1-2-8(7)13)5-15-10(17)4-9(16)14-11(15)18/h1-3H,4-5H2,(H,14,16,18). The lowest BCUT2D eigenvalue weighted by Gasteiger charge is -2.24. The summed E-state index contributed by atoms with van der Waals surface area (Å²) in [6.07, 6.45) is -0.374. The predicted octanol–water partition coefficient (Wildman–Crippen LogP) is 1.45. The van der Waals surface area contributed by atoms with E-state index in [2.05, 4.69) is 0 Å². The summed E-state index contributed by atoms with van der Waals surface area (Å²) in [4.78, 5) is 34.8. The molecule has 1 heterocycles. The summed E-state index contributed by atoms with van der Waals surface area (Å²) in [7, 11) is 0. The lowest BCUT2D eigenvalue weighted by Crippen LogP contribution is -2.52. The van der Waals surface area contributed by atoms with Gasteiger partial charge in [0.25, 0.3) is 0 Å². The van der Waals surface area contributed by atoms with Crippen LogP contribution < -0.4 is 5.32 Å². The van der Waals surface area contributed by atoms with Gasteiger partial charge in [0, 0.05) is 0 Å². The minimum Gasteiger partial charge on any atom is -0.277 e. The van der Waals surface area contributed by atoms with Crippen LogP contribution in [0.2, 0.25) is 5.02 Å². The zero-order valence-corrected chi connectivity index (χ0v) is 9.83. The molecule has 0 aromatic heterocycles. The van der Waals surface area contributed by atoms with Crippen LogP contribution in [-0.4, -0.2) is 22.7 Å². The maximum absolute atomic E-state index is 12.9. The van der Waals surface area contributed by atoms with Gasteiger partial charge in [-0.1, -0.05) is 17.7 Å². The predicted molar refractivity (Wildman–Crippen MR) is 60.1 cm³/mol. The Morgan fingerprint density at radius 2 is 2.06 bits per heavy atom. The minimum absolute atomic E-state index is 0.0576. The zero-order chi connectivity index (χ0) is 13.3. The molecule has 0 saturated carbocycles. The van der Waals surface area contributed by atoms with E-state index in [0.717, 1.165) is 11.0 Å². The molecular formula is C11H8ClFN2O3. The summed E-state index contributed by atoms with van der Waals surface area (Å²) in [6.45, 7) is -0.0576. The number of halogens is 2. The Balaban J connectivity index is 2.17. The van der Waals surface area contributed by atoms with Gasteiger partial charge in [0.05, 0.1) is 11.6 Å². The zero-order valence-electron chi connectivity index (χ0n) is 9.07. The molecule has 1 aromatic carbocycles. The number of rotatable bonds is 2. The van der Waals surface area contributed by atoms with E-state index in [9.17, 15) is 18.8 Å². The van der Waals surface area contributed by atoms with Crippen LogP contribution >= 0.6 is 11.6 Å². The third-order valence-electron chi connectivity index (χ3n) is 2.43. The van der Waals surface area contributed by atoms with E-state index in [1.165, 1.54) is 12.1 Å². The van der Waals surface area contributed by atoms with Crippen molar-refractivity contribution in [3.63, 3.8) is 0 Å². The monoisotopic (exact) mass is 270 g/mol. The molecule has 0 spiro atoms. The van der Waals surface area contributed by atoms with Crippen LogP contribution in [0.1, 0.15) is 12.0 Å². The second kappa shape index (κ2) is 4.73. The molecule has 0 bridgehead atoms. The number of hydrogen-bond donors (Lipinski definition) is 1. The van der Waals surface area contributed by atoms with E-state index < -0.39 is 23.7 Å². The molecule has 0 atom stereocenters. The SMILES string of the molecule is O=C1CC(=O)N(Cc2ccc(F)c(Cl)c2)C(=O)N1. The van der Waals surface area contributed by atoms with Gasteiger partial charge < -0.3 is 0 Å². The smallest absolute Gasteiger partial charge is 0.277 e. The highest BCUT2D eigenvalue weighted by atomic mass is 35.5. The van der Waals surface area contributed by atoms with Crippen molar-refractivity contribution in [2.75, 3.05) is 0 Å². The summed E-state index contributed by atoms with van der Waals surface area (Å²) in [5.74, 6) is -1.80. The molecule has 0 unspecified atom stereocenters. The molecule has 94 valence electrons. The largest absolute Gasteiger partial charge is 0.331 e. The molecule has 1 fully saturated rings. The Kier molecular flexibility index (Phi) is 3.29. The van der Waals surface area contributed by atoms with Gasteiger partial charge in [0.15, 0.2) is 0 Å². The maximum atomic E-state index is 12.9. The van der Waals surface area contributed by atoms with E-state index in [-0.39, 0.29) is 18.0 Å². The first-order chi connectivity index (χ1) is 8.47. The molecule has 0 radical (unpaired) electrons. The van der Waals surface area contributed by atoms with Gasteiger partial charge in [-0.25, -0.2) is 9.18 Å². The van der Waals surface area contributed by atoms with Gasteiger partial charge in [0.1, 0.15) is 12.2 Å². The van der Waals surface area contributed by atoms with Gasteiger partial charge in [-0.05, 0) is 17.7 Å². The second-order valence-electron chi connectivity index (χ2n) is 3.76. The first-order valence-corrected chi connectivity index (χ1v) is 5.43. The number of carbonyl (C=O) groups excluding carboxylic acids is 3. The summed E-state index contributed by atoms with van der Waals surface area (Å²) in [5.41, 5.74) is 0.499. The summed E-state index contributed by atoms with van der Waals surface area (Å²) in [6, 6.07) is 3.11. The quantitative estimate of drug-likeness (QED) is 0.827. The molecule has 1 saturated heterocycles. The van der Waals surface area contributed by atoms with E-state index in [1.807, 2.05) is 5.32 Å². The van der Waals surface area contributed by atoms with Crippen LogP contribution in [0.3, 0.4) is 0 Å². The van der Waals surface area contributed by atoms with E-state index in [0.29, 0.717) is 5.56 Å². The number of urea groups is 1. The van der Waals surface area contributed by atoms with Crippen LogP contribution in [-0.2, 0) is 16.1 Å². The first-order valence-electron chi connectivity index (χ1n) is 5.05. The van der Waals surface area contributed by atoms with Crippen molar-refractivity contribution in [2.45, 2.75) is 13.0 Å². The van der Waals surface area contributed by atoms with Crippen molar-refractivity contribution in [2.24, 2.45) is 0 Å².